The summed E-state index contributed by atoms with van der Waals surface area (Å²) in [6.45, 7) is 2.24. The first-order valence-electron chi connectivity index (χ1n) is 7.20. The summed E-state index contributed by atoms with van der Waals surface area (Å²) in [5.74, 6) is 0.992. The highest BCUT2D eigenvalue weighted by Crippen LogP contribution is 2.26. The van der Waals surface area contributed by atoms with Crippen molar-refractivity contribution >= 4 is 0 Å². The van der Waals surface area contributed by atoms with Gasteiger partial charge in [0.1, 0.15) is 5.75 Å². The first-order valence-corrected chi connectivity index (χ1v) is 7.20. The van der Waals surface area contributed by atoms with Crippen LogP contribution in [0.5, 0.6) is 5.75 Å². The third kappa shape index (κ3) is 3.49. The number of rotatable bonds is 4. The van der Waals surface area contributed by atoms with Crippen LogP contribution >= 0.6 is 0 Å². The summed E-state index contributed by atoms with van der Waals surface area (Å²) in [6, 6.07) is 9.36. The molecule has 0 radical (unpaired) electrons. The Morgan fingerprint density at radius 1 is 1.11 bits per heavy atom. The summed E-state index contributed by atoms with van der Waals surface area (Å²) in [5, 5.41) is 3.77. The summed E-state index contributed by atoms with van der Waals surface area (Å²) < 4.78 is 5.44. The molecule has 0 heterocycles. The summed E-state index contributed by atoms with van der Waals surface area (Å²) in [4.78, 5) is 0. The Morgan fingerprint density at radius 2 is 1.78 bits per heavy atom. The van der Waals surface area contributed by atoms with Crippen molar-refractivity contribution in [2.45, 2.75) is 57.5 Å². The van der Waals surface area contributed by atoms with Gasteiger partial charge in [0.25, 0.3) is 0 Å². The molecule has 1 aromatic carbocycles. The van der Waals surface area contributed by atoms with Crippen LogP contribution in [0.1, 0.15) is 57.1 Å². The Kier molecular flexibility index (Phi) is 5.06. The molecule has 1 atom stereocenters. The molecule has 2 rings (SSSR count). The van der Waals surface area contributed by atoms with Gasteiger partial charge in [0, 0.05) is 17.6 Å². The van der Waals surface area contributed by atoms with Crippen molar-refractivity contribution in [1.29, 1.82) is 0 Å². The molecule has 100 valence electrons. The fourth-order valence-corrected chi connectivity index (χ4v) is 2.91. The van der Waals surface area contributed by atoms with Crippen LogP contribution in [-0.4, -0.2) is 13.2 Å². The first kappa shape index (κ1) is 13.4. The third-order valence-corrected chi connectivity index (χ3v) is 3.95. The summed E-state index contributed by atoms with van der Waals surface area (Å²) >= 11 is 0. The van der Waals surface area contributed by atoms with E-state index in [-0.39, 0.29) is 0 Å². The van der Waals surface area contributed by atoms with Crippen LogP contribution in [0, 0.1) is 0 Å². The van der Waals surface area contributed by atoms with Crippen LogP contribution in [-0.2, 0) is 0 Å². The Morgan fingerprint density at radius 3 is 2.44 bits per heavy atom. The van der Waals surface area contributed by atoms with E-state index in [1.165, 1.54) is 44.1 Å². The van der Waals surface area contributed by atoms with Crippen molar-refractivity contribution in [2.75, 3.05) is 7.11 Å². The topological polar surface area (TPSA) is 21.3 Å². The molecule has 2 nitrogen and oxygen atoms in total. The van der Waals surface area contributed by atoms with Crippen molar-refractivity contribution < 1.29 is 4.74 Å². The van der Waals surface area contributed by atoms with E-state index < -0.39 is 0 Å². The number of ether oxygens (including phenoxy) is 1. The monoisotopic (exact) mass is 247 g/mol. The number of hydrogen-bond acceptors (Lipinski definition) is 2. The minimum Gasteiger partial charge on any atom is -0.496 e. The molecule has 18 heavy (non-hydrogen) atoms. The summed E-state index contributed by atoms with van der Waals surface area (Å²) in [6.07, 6.45) is 8.19. The lowest BCUT2D eigenvalue weighted by molar-refractivity contribution is 0.381. The summed E-state index contributed by atoms with van der Waals surface area (Å²) in [7, 11) is 1.75. The second-order valence-corrected chi connectivity index (χ2v) is 5.32. The van der Waals surface area contributed by atoms with Crippen LogP contribution < -0.4 is 10.1 Å². The second-order valence-electron chi connectivity index (χ2n) is 5.32. The molecule has 1 fully saturated rings. The van der Waals surface area contributed by atoms with Gasteiger partial charge in [0.15, 0.2) is 0 Å². The van der Waals surface area contributed by atoms with E-state index in [1.54, 1.807) is 7.11 Å². The number of hydrogen-bond donors (Lipinski definition) is 1. The van der Waals surface area contributed by atoms with Gasteiger partial charge in [-0.2, -0.15) is 0 Å². The van der Waals surface area contributed by atoms with E-state index in [9.17, 15) is 0 Å². The van der Waals surface area contributed by atoms with E-state index in [0.717, 1.165) is 5.75 Å². The maximum absolute atomic E-state index is 5.44. The van der Waals surface area contributed by atoms with E-state index in [0.29, 0.717) is 12.1 Å². The molecule has 1 aliphatic rings. The van der Waals surface area contributed by atoms with Crippen molar-refractivity contribution in [3.63, 3.8) is 0 Å². The highest BCUT2D eigenvalue weighted by Gasteiger charge is 2.17. The molecule has 0 bridgehead atoms. The highest BCUT2D eigenvalue weighted by atomic mass is 16.5. The molecular weight excluding hydrogens is 222 g/mol. The van der Waals surface area contributed by atoms with Crippen LogP contribution in [0.4, 0.5) is 0 Å². The van der Waals surface area contributed by atoms with Crippen molar-refractivity contribution in [1.82, 2.24) is 5.32 Å². The lowest BCUT2D eigenvalue weighted by Crippen LogP contribution is -2.31. The van der Waals surface area contributed by atoms with E-state index in [4.69, 9.17) is 4.74 Å². The third-order valence-electron chi connectivity index (χ3n) is 3.95. The Labute approximate surface area is 111 Å². The molecule has 0 unspecified atom stereocenters. The van der Waals surface area contributed by atoms with Crippen LogP contribution in [0.2, 0.25) is 0 Å². The van der Waals surface area contributed by atoms with Gasteiger partial charge in [0.2, 0.25) is 0 Å². The number of para-hydroxylation sites is 1. The zero-order valence-electron chi connectivity index (χ0n) is 11.6. The average molecular weight is 247 g/mol. The van der Waals surface area contributed by atoms with E-state index in [1.807, 2.05) is 12.1 Å². The Hall–Kier alpha value is -1.02. The molecule has 0 aliphatic heterocycles. The van der Waals surface area contributed by atoms with Gasteiger partial charge in [-0.15, -0.1) is 0 Å². The van der Waals surface area contributed by atoms with Crippen molar-refractivity contribution in [3.8, 4) is 5.75 Å². The van der Waals surface area contributed by atoms with Crippen LogP contribution in [0.3, 0.4) is 0 Å². The SMILES string of the molecule is COc1ccccc1[C@@H](C)NC1CCCCCC1. The lowest BCUT2D eigenvalue weighted by atomic mass is 10.0. The van der Waals surface area contributed by atoms with E-state index >= 15 is 0 Å². The number of benzene rings is 1. The minimum atomic E-state index is 0.365. The molecular formula is C16H25NO. The molecule has 2 heteroatoms. The second kappa shape index (κ2) is 6.79. The number of nitrogens with one attached hydrogen (secondary N) is 1. The molecule has 1 aliphatic carbocycles. The molecule has 1 N–H and O–H groups in total. The van der Waals surface area contributed by atoms with Gasteiger partial charge in [-0.25, -0.2) is 0 Å². The normalized spacial score (nSPS) is 19.2. The maximum atomic E-state index is 5.44. The van der Waals surface area contributed by atoms with Gasteiger partial charge < -0.3 is 10.1 Å². The molecule has 0 saturated heterocycles. The molecule has 0 amide bonds. The fourth-order valence-electron chi connectivity index (χ4n) is 2.91. The fraction of sp³-hybridized carbons (Fsp3) is 0.625. The van der Waals surface area contributed by atoms with E-state index in [2.05, 4.69) is 24.4 Å². The highest BCUT2D eigenvalue weighted by molar-refractivity contribution is 5.35. The summed E-state index contributed by atoms with van der Waals surface area (Å²) in [5.41, 5.74) is 1.27. The maximum Gasteiger partial charge on any atom is 0.123 e. The zero-order valence-corrected chi connectivity index (χ0v) is 11.6. The van der Waals surface area contributed by atoms with Crippen molar-refractivity contribution in [2.24, 2.45) is 0 Å². The van der Waals surface area contributed by atoms with Crippen molar-refractivity contribution in [3.05, 3.63) is 29.8 Å². The Balaban J connectivity index is 1.99. The largest absolute Gasteiger partial charge is 0.496 e. The van der Waals surface area contributed by atoms with Gasteiger partial charge in [-0.05, 0) is 25.8 Å². The Bertz CT molecular complexity index is 356. The molecule has 0 aromatic heterocycles. The standard InChI is InChI=1S/C16H25NO/c1-13(15-11-7-8-12-16(15)18-2)17-14-9-5-3-4-6-10-14/h7-8,11-14,17H,3-6,9-10H2,1-2H3/t13-/m1/s1. The predicted molar refractivity (Wildman–Crippen MR) is 76.0 cm³/mol. The molecule has 1 saturated carbocycles. The molecule has 0 spiro atoms. The van der Waals surface area contributed by atoms with Gasteiger partial charge in [-0.1, -0.05) is 43.9 Å². The van der Waals surface area contributed by atoms with Gasteiger partial charge in [-0.3, -0.25) is 0 Å². The lowest BCUT2D eigenvalue weighted by Gasteiger charge is -2.23. The van der Waals surface area contributed by atoms with Crippen LogP contribution in [0.25, 0.3) is 0 Å². The number of methoxy groups -OCH3 is 1. The first-order chi connectivity index (χ1) is 8.81. The van der Waals surface area contributed by atoms with Crippen LogP contribution in [0.15, 0.2) is 24.3 Å². The van der Waals surface area contributed by atoms with Gasteiger partial charge >= 0.3 is 0 Å². The minimum absolute atomic E-state index is 0.365. The predicted octanol–water partition coefficient (Wildman–Crippen LogP) is 4.07. The quantitative estimate of drug-likeness (QED) is 0.810. The molecule has 1 aromatic rings. The average Bonchev–Trinajstić information content (AvgIpc) is 2.67. The zero-order chi connectivity index (χ0) is 12.8. The smallest absolute Gasteiger partial charge is 0.123 e. The van der Waals surface area contributed by atoms with Gasteiger partial charge in [0.05, 0.1) is 7.11 Å².